The Bertz CT molecular complexity index is 868. The molecule has 1 saturated heterocycles. The summed E-state index contributed by atoms with van der Waals surface area (Å²) in [7, 11) is 3.60. The fourth-order valence-corrected chi connectivity index (χ4v) is 3.34. The number of piperazine rings is 1. The van der Waals surface area contributed by atoms with Crippen LogP contribution in [-0.2, 0) is 9.57 Å². The molecule has 1 heterocycles. The van der Waals surface area contributed by atoms with Gasteiger partial charge in [0.05, 0.1) is 13.5 Å². The predicted molar refractivity (Wildman–Crippen MR) is 109 cm³/mol. The third-order valence-electron chi connectivity index (χ3n) is 5.31. The third-order valence-corrected chi connectivity index (χ3v) is 5.31. The molecule has 8 nitrogen and oxygen atoms in total. The second-order valence-electron chi connectivity index (χ2n) is 7.43. The van der Waals surface area contributed by atoms with Gasteiger partial charge < -0.3 is 14.5 Å². The first-order chi connectivity index (χ1) is 13.9. The first kappa shape index (κ1) is 21.0. The number of nitrogens with two attached hydrogens (primary N) is 1. The van der Waals surface area contributed by atoms with E-state index >= 15 is 0 Å². The van der Waals surface area contributed by atoms with E-state index < -0.39 is 6.09 Å². The molecule has 1 aromatic carbocycles. The van der Waals surface area contributed by atoms with Gasteiger partial charge in [0.1, 0.15) is 0 Å². The van der Waals surface area contributed by atoms with Crippen molar-refractivity contribution >= 4 is 23.2 Å². The van der Waals surface area contributed by atoms with Crippen molar-refractivity contribution in [2.75, 3.05) is 40.3 Å². The van der Waals surface area contributed by atoms with Gasteiger partial charge in [-0.2, -0.15) is 5.48 Å². The van der Waals surface area contributed by atoms with Gasteiger partial charge in [0.2, 0.25) is 11.4 Å². The van der Waals surface area contributed by atoms with Gasteiger partial charge in [0, 0.05) is 43.1 Å². The summed E-state index contributed by atoms with van der Waals surface area (Å²) in [4.78, 5) is 21.7. The SMILES string of the molecule is CO[NH2+]c1cc(C)c(C)cc1/[N+](O)=C1\CC=CC=C1OC(=O)N1CCN(C)CC1. The molecule has 29 heavy (non-hydrogen) atoms. The number of amides is 1. The standard InChI is InChI=1S/C21H29N4O4/c1-15-13-17(22-28-4)19(14-16(15)2)25(27)18-7-5-6-8-20(18)29-21(26)24-11-9-23(3)10-12-24/h5-6,8,13-14,22,27H,7,9-12H2,1-4H3/q+1/p+1/b25-18-. The van der Waals surface area contributed by atoms with E-state index in [-0.39, 0.29) is 0 Å². The number of ether oxygens (including phenoxy) is 1. The van der Waals surface area contributed by atoms with Crippen LogP contribution in [0, 0.1) is 13.8 Å². The van der Waals surface area contributed by atoms with Crippen LogP contribution in [0.1, 0.15) is 17.5 Å². The Hall–Kier alpha value is -2.68. The van der Waals surface area contributed by atoms with Crippen LogP contribution in [0.2, 0.25) is 0 Å². The molecule has 3 N–H and O–H groups in total. The highest BCUT2D eigenvalue weighted by Crippen LogP contribution is 2.26. The average molecular weight is 402 g/mol. The summed E-state index contributed by atoms with van der Waals surface area (Å²) in [5, 5.41) is 11.0. The predicted octanol–water partition coefficient (Wildman–Crippen LogP) is 1.76. The number of carbonyl (C=O) groups excluding carboxylic acids is 1. The summed E-state index contributed by atoms with van der Waals surface area (Å²) < 4.78 is 6.76. The zero-order chi connectivity index (χ0) is 21.0. The maximum Gasteiger partial charge on any atom is 0.415 e. The minimum absolute atomic E-state index is 0.348. The molecule has 0 radical (unpaired) electrons. The molecule has 2 aliphatic rings. The topological polar surface area (TPSA) is 81.9 Å². The number of hydrogen-bond acceptors (Lipinski definition) is 5. The van der Waals surface area contributed by atoms with Crippen LogP contribution in [-0.4, -0.2) is 71.9 Å². The zero-order valence-corrected chi connectivity index (χ0v) is 17.5. The molecule has 0 saturated carbocycles. The van der Waals surface area contributed by atoms with E-state index in [2.05, 4.69) is 4.90 Å². The number of allylic oxidation sites excluding steroid dienone is 4. The number of hydrogen-bond donors (Lipinski definition) is 2. The van der Waals surface area contributed by atoms with E-state index in [0.717, 1.165) is 34.6 Å². The fourth-order valence-electron chi connectivity index (χ4n) is 3.34. The summed E-state index contributed by atoms with van der Waals surface area (Å²) in [6.07, 6.45) is 5.49. The van der Waals surface area contributed by atoms with Gasteiger partial charge in [-0.15, -0.1) is 0 Å². The molecule has 0 atom stereocenters. The van der Waals surface area contributed by atoms with Gasteiger partial charge in [0.15, 0.2) is 0 Å². The number of rotatable bonds is 4. The molecular weight excluding hydrogens is 372 g/mol. The Labute approximate surface area is 171 Å². The fraction of sp³-hybridized carbons (Fsp3) is 0.429. The van der Waals surface area contributed by atoms with Gasteiger partial charge in [-0.3, -0.25) is 5.21 Å². The smallest absolute Gasteiger partial charge is 0.403 e. The Kier molecular flexibility index (Phi) is 6.68. The lowest BCUT2D eigenvalue weighted by Gasteiger charge is -2.31. The van der Waals surface area contributed by atoms with Crippen molar-refractivity contribution in [2.24, 2.45) is 0 Å². The van der Waals surface area contributed by atoms with Crippen molar-refractivity contribution in [1.29, 1.82) is 0 Å². The molecule has 1 amide bonds. The van der Waals surface area contributed by atoms with E-state index in [1.807, 2.05) is 45.2 Å². The third kappa shape index (κ3) is 4.84. The second-order valence-corrected chi connectivity index (χ2v) is 7.43. The van der Waals surface area contributed by atoms with Crippen molar-refractivity contribution < 1.29 is 29.8 Å². The molecule has 156 valence electrons. The summed E-state index contributed by atoms with van der Waals surface area (Å²) in [5.74, 6) is 0.348. The minimum atomic E-state index is -0.394. The summed E-state index contributed by atoms with van der Waals surface area (Å²) in [6.45, 7) is 6.87. The number of likely N-dealkylation sites (N-methyl/N-ethyl adjacent to an activating group) is 1. The van der Waals surface area contributed by atoms with Crippen LogP contribution >= 0.6 is 0 Å². The van der Waals surface area contributed by atoms with Crippen LogP contribution < -0.4 is 5.48 Å². The minimum Gasteiger partial charge on any atom is -0.403 e. The molecule has 0 unspecified atom stereocenters. The monoisotopic (exact) mass is 402 g/mol. The van der Waals surface area contributed by atoms with Gasteiger partial charge in [-0.05, 0) is 38.1 Å². The Balaban J connectivity index is 1.89. The summed E-state index contributed by atoms with van der Waals surface area (Å²) in [5.41, 5.74) is 5.54. The van der Waals surface area contributed by atoms with Crippen LogP contribution in [0.5, 0.6) is 0 Å². The second kappa shape index (κ2) is 9.21. The van der Waals surface area contributed by atoms with Gasteiger partial charge in [-0.25, -0.2) is 9.63 Å². The molecule has 1 aliphatic heterocycles. The van der Waals surface area contributed by atoms with E-state index in [1.165, 1.54) is 0 Å². The Morgan fingerprint density at radius 3 is 2.55 bits per heavy atom. The highest BCUT2D eigenvalue weighted by Gasteiger charge is 2.31. The van der Waals surface area contributed by atoms with Gasteiger partial charge in [0.25, 0.3) is 5.71 Å². The van der Waals surface area contributed by atoms with Crippen LogP contribution in [0.15, 0.2) is 36.1 Å². The highest BCUT2D eigenvalue weighted by molar-refractivity contribution is 5.99. The van der Waals surface area contributed by atoms with Crippen LogP contribution in [0.4, 0.5) is 16.2 Å². The maximum atomic E-state index is 12.6. The van der Waals surface area contributed by atoms with Crippen LogP contribution in [0.25, 0.3) is 0 Å². The zero-order valence-electron chi connectivity index (χ0n) is 17.5. The van der Waals surface area contributed by atoms with Crippen molar-refractivity contribution in [3.8, 4) is 0 Å². The molecule has 1 aromatic rings. The van der Waals surface area contributed by atoms with Crippen molar-refractivity contribution in [1.82, 2.24) is 9.80 Å². The molecule has 0 bridgehead atoms. The number of benzene rings is 1. The lowest BCUT2D eigenvalue weighted by atomic mass is 10.1. The van der Waals surface area contributed by atoms with E-state index in [4.69, 9.17) is 9.57 Å². The molecule has 3 rings (SSSR count). The highest BCUT2D eigenvalue weighted by atomic mass is 16.6. The van der Waals surface area contributed by atoms with Crippen LogP contribution in [0.3, 0.4) is 0 Å². The molecular formula is C21H30N4O4+2. The lowest BCUT2D eigenvalue weighted by molar-refractivity contribution is -0.834. The Morgan fingerprint density at radius 1 is 1.17 bits per heavy atom. The van der Waals surface area contributed by atoms with E-state index in [0.29, 0.717) is 36.7 Å². The largest absolute Gasteiger partial charge is 0.415 e. The quantitative estimate of drug-likeness (QED) is 0.347. The number of aryl methyl sites for hydroxylation is 2. The molecule has 0 aromatic heterocycles. The molecule has 1 aliphatic carbocycles. The Morgan fingerprint density at radius 2 is 1.86 bits per heavy atom. The number of quaternary nitrogens is 1. The van der Waals surface area contributed by atoms with E-state index in [1.54, 1.807) is 23.6 Å². The van der Waals surface area contributed by atoms with Crippen molar-refractivity contribution in [3.05, 3.63) is 47.2 Å². The average Bonchev–Trinajstić information content (AvgIpc) is 2.71. The first-order valence-corrected chi connectivity index (χ1v) is 9.75. The van der Waals surface area contributed by atoms with E-state index in [9.17, 15) is 10.0 Å². The molecule has 1 fully saturated rings. The van der Waals surface area contributed by atoms with Gasteiger partial charge in [-0.1, -0.05) is 12.2 Å². The maximum absolute atomic E-state index is 12.6. The normalized spacial score (nSPS) is 19.2. The number of nitrogens with zero attached hydrogens (tertiary/aromatic N) is 3. The van der Waals surface area contributed by atoms with Crippen molar-refractivity contribution in [3.63, 3.8) is 0 Å². The molecule has 8 heteroatoms. The molecule has 0 spiro atoms. The van der Waals surface area contributed by atoms with Crippen molar-refractivity contribution in [2.45, 2.75) is 20.3 Å². The lowest BCUT2D eigenvalue weighted by Crippen LogP contribution is -2.76. The first-order valence-electron chi connectivity index (χ1n) is 9.75. The summed E-state index contributed by atoms with van der Waals surface area (Å²) in [6, 6.07) is 3.85. The summed E-state index contributed by atoms with van der Waals surface area (Å²) >= 11 is 0. The van der Waals surface area contributed by atoms with Gasteiger partial charge >= 0.3 is 11.8 Å². The number of carbonyl (C=O) groups is 1.